The molecule has 1 aromatic heterocycles. The van der Waals surface area contributed by atoms with Gasteiger partial charge in [0.2, 0.25) is 5.91 Å². The van der Waals surface area contributed by atoms with Gasteiger partial charge in [0.05, 0.1) is 29.9 Å². The maximum Gasteiger partial charge on any atom is 0.269 e. The number of carbonyl (C=O) groups is 1. The van der Waals surface area contributed by atoms with Crippen molar-refractivity contribution in [3.8, 4) is 0 Å². The van der Waals surface area contributed by atoms with Crippen LogP contribution in [0, 0.1) is 24.0 Å². The highest BCUT2D eigenvalue weighted by molar-refractivity contribution is 7.99. The van der Waals surface area contributed by atoms with E-state index < -0.39 is 4.92 Å². The number of ether oxygens (including phenoxy) is 1. The summed E-state index contributed by atoms with van der Waals surface area (Å²) >= 11 is 7.53. The van der Waals surface area contributed by atoms with Crippen LogP contribution < -0.4 is 10.6 Å². The number of non-ortho nitro benzene ring substituents is 1. The number of hydrogen-bond donors (Lipinski definition) is 2. The van der Waals surface area contributed by atoms with E-state index >= 15 is 0 Å². The average Bonchev–Trinajstić information content (AvgIpc) is 3.50. The van der Waals surface area contributed by atoms with Crippen LogP contribution in [0.25, 0.3) is 0 Å². The van der Waals surface area contributed by atoms with Gasteiger partial charge in [-0.2, -0.15) is 0 Å². The molecule has 1 saturated heterocycles. The van der Waals surface area contributed by atoms with Crippen LogP contribution in [0.2, 0.25) is 5.02 Å². The largest absolute Gasteiger partial charge is 0.378 e. The molecule has 0 aliphatic carbocycles. The molecule has 2 aromatic carbocycles. The normalized spacial score (nSPS) is 15.1. The third kappa shape index (κ3) is 6.54. The predicted octanol–water partition coefficient (Wildman–Crippen LogP) is 4.98. The van der Waals surface area contributed by atoms with Crippen molar-refractivity contribution in [3.63, 3.8) is 0 Å². The Balaban J connectivity index is 1.42. The molecular formula is C24H27ClN6O4S. The first-order valence-corrected chi connectivity index (χ1v) is 12.9. The van der Waals surface area contributed by atoms with Crippen molar-refractivity contribution >= 4 is 46.3 Å². The molecule has 1 atom stereocenters. The summed E-state index contributed by atoms with van der Waals surface area (Å²) in [7, 11) is 0. The van der Waals surface area contributed by atoms with Gasteiger partial charge in [-0.05, 0) is 56.0 Å². The number of nitrogens with zero attached hydrogens (tertiary/aromatic N) is 4. The SMILES string of the molecule is Cc1ccc(NCc2nnc(SCC(=O)Nc3ccc([N+](=O)[O-])cc3C)n2C[C@H]2CCCO2)cc1Cl. The van der Waals surface area contributed by atoms with Gasteiger partial charge in [0.1, 0.15) is 0 Å². The molecular weight excluding hydrogens is 504 g/mol. The van der Waals surface area contributed by atoms with Crippen molar-refractivity contribution in [2.24, 2.45) is 0 Å². The minimum Gasteiger partial charge on any atom is -0.378 e. The van der Waals surface area contributed by atoms with Gasteiger partial charge in [0.25, 0.3) is 5.69 Å². The number of rotatable bonds is 10. The average molecular weight is 531 g/mol. The van der Waals surface area contributed by atoms with Crippen LogP contribution in [-0.2, 0) is 22.6 Å². The standard InChI is InChI=1S/C24H27ClN6O4S/c1-15-5-6-17(11-20(15)25)26-12-22-28-29-24(30(22)13-19-4-3-9-35-19)36-14-23(32)27-21-8-7-18(31(33)34)10-16(21)2/h5-8,10-11,19,26H,3-4,9,12-14H2,1-2H3,(H,27,32)/t19-/m1/s1. The Morgan fingerprint density at radius 3 is 2.78 bits per heavy atom. The second kappa shape index (κ2) is 11.7. The fourth-order valence-electron chi connectivity index (χ4n) is 3.83. The summed E-state index contributed by atoms with van der Waals surface area (Å²) in [5.41, 5.74) is 3.02. The van der Waals surface area contributed by atoms with Gasteiger partial charge in [-0.15, -0.1) is 10.2 Å². The summed E-state index contributed by atoms with van der Waals surface area (Å²) in [6, 6.07) is 10.1. The number of aromatic nitrogens is 3. The molecule has 36 heavy (non-hydrogen) atoms. The van der Waals surface area contributed by atoms with Crippen LogP contribution in [0.4, 0.5) is 17.1 Å². The van der Waals surface area contributed by atoms with Gasteiger partial charge in [0.15, 0.2) is 11.0 Å². The molecule has 0 bridgehead atoms. The Morgan fingerprint density at radius 1 is 1.25 bits per heavy atom. The van der Waals surface area contributed by atoms with Crippen molar-refractivity contribution in [2.45, 2.75) is 51.0 Å². The molecule has 10 nitrogen and oxygen atoms in total. The molecule has 1 amide bonds. The van der Waals surface area contributed by atoms with Crippen LogP contribution in [0.1, 0.15) is 29.8 Å². The second-order valence-corrected chi connectivity index (χ2v) is 9.90. The summed E-state index contributed by atoms with van der Waals surface area (Å²) in [5.74, 6) is 0.607. The van der Waals surface area contributed by atoms with Crippen LogP contribution in [0.15, 0.2) is 41.6 Å². The number of thioether (sulfide) groups is 1. The van der Waals surface area contributed by atoms with E-state index in [1.165, 1.54) is 30.0 Å². The minimum atomic E-state index is -0.463. The van der Waals surface area contributed by atoms with E-state index in [2.05, 4.69) is 20.8 Å². The molecule has 3 aromatic rings. The number of halogens is 1. The second-order valence-electron chi connectivity index (χ2n) is 8.56. The lowest BCUT2D eigenvalue weighted by Crippen LogP contribution is -2.20. The first-order valence-electron chi connectivity index (χ1n) is 11.5. The molecule has 4 rings (SSSR count). The van der Waals surface area contributed by atoms with Crippen LogP contribution in [0.3, 0.4) is 0 Å². The van der Waals surface area contributed by atoms with Gasteiger partial charge in [-0.25, -0.2) is 0 Å². The Kier molecular flexibility index (Phi) is 8.44. The van der Waals surface area contributed by atoms with E-state index in [0.29, 0.717) is 34.5 Å². The summed E-state index contributed by atoms with van der Waals surface area (Å²) in [6.45, 7) is 5.45. The minimum absolute atomic E-state index is 0.0174. The number of benzene rings is 2. The number of aryl methyl sites for hydroxylation is 2. The van der Waals surface area contributed by atoms with Gasteiger partial charge in [-0.1, -0.05) is 29.4 Å². The van der Waals surface area contributed by atoms with Crippen LogP contribution >= 0.6 is 23.4 Å². The van der Waals surface area contributed by atoms with Gasteiger partial charge in [0, 0.05) is 35.1 Å². The zero-order valence-electron chi connectivity index (χ0n) is 20.0. The quantitative estimate of drug-likeness (QED) is 0.214. The number of hydrogen-bond acceptors (Lipinski definition) is 8. The van der Waals surface area contributed by atoms with Gasteiger partial charge in [-0.3, -0.25) is 14.9 Å². The van der Waals surface area contributed by atoms with E-state index in [0.717, 1.165) is 36.5 Å². The topological polar surface area (TPSA) is 124 Å². The molecule has 190 valence electrons. The molecule has 2 N–H and O–H groups in total. The number of carbonyl (C=O) groups excluding carboxylic acids is 1. The van der Waals surface area contributed by atoms with E-state index in [9.17, 15) is 14.9 Å². The lowest BCUT2D eigenvalue weighted by molar-refractivity contribution is -0.384. The monoisotopic (exact) mass is 530 g/mol. The summed E-state index contributed by atoms with van der Waals surface area (Å²) in [5, 5.41) is 27.1. The molecule has 1 aliphatic heterocycles. The van der Waals surface area contributed by atoms with Crippen molar-refractivity contribution in [3.05, 3.63) is 68.5 Å². The van der Waals surface area contributed by atoms with Crippen molar-refractivity contribution in [1.82, 2.24) is 14.8 Å². The summed E-state index contributed by atoms with van der Waals surface area (Å²) in [6.07, 6.45) is 2.05. The molecule has 0 radical (unpaired) electrons. The summed E-state index contributed by atoms with van der Waals surface area (Å²) < 4.78 is 7.82. The lowest BCUT2D eigenvalue weighted by atomic mass is 10.2. The summed E-state index contributed by atoms with van der Waals surface area (Å²) in [4.78, 5) is 23.1. The molecule has 2 heterocycles. The van der Waals surface area contributed by atoms with E-state index in [4.69, 9.17) is 16.3 Å². The maximum atomic E-state index is 12.6. The first kappa shape index (κ1) is 25.9. The number of nitro benzene ring substituents is 1. The van der Waals surface area contributed by atoms with E-state index in [1.807, 2.05) is 29.7 Å². The zero-order chi connectivity index (χ0) is 25.7. The Hall–Kier alpha value is -3.15. The molecule has 0 saturated carbocycles. The smallest absolute Gasteiger partial charge is 0.269 e. The Labute approximate surface area is 217 Å². The molecule has 1 fully saturated rings. The van der Waals surface area contributed by atoms with Crippen molar-refractivity contribution in [1.29, 1.82) is 0 Å². The molecule has 0 unspecified atom stereocenters. The third-order valence-electron chi connectivity index (χ3n) is 5.85. The fourth-order valence-corrected chi connectivity index (χ4v) is 4.78. The van der Waals surface area contributed by atoms with Gasteiger partial charge < -0.3 is 19.9 Å². The van der Waals surface area contributed by atoms with Crippen molar-refractivity contribution in [2.75, 3.05) is 23.0 Å². The number of nitrogens with one attached hydrogen (secondary N) is 2. The fraction of sp³-hybridized carbons (Fsp3) is 0.375. The molecule has 12 heteroatoms. The predicted molar refractivity (Wildman–Crippen MR) is 140 cm³/mol. The highest BCUT2D eigenvalue weighted by Gasteiger charge is 2.22. The molecule has 0 spiro atoms. The third-order valence-corrected chi connectivity index (χ3v) is 7.23. The molecule has 1 aliphatic rings. The number of amides is 1. The van der Waals surface area contributed by atoms with Crippen molar-refractivity contribution < 1.29 is 14.5 Å². The number of anilines is 2. The van der Waals surface area contributed by atoms with Gasteiger partial charge >= 0.3 is 0 Å². The zero-order valence-corrected chi connectivity index (χ0v) is 21.6. The highest BCUT2D eigenvalue weighted by Crippen LogP contribution is 2.25. The first-order chi connectivity index (χ1) is 17.3. The van der Waals surface area contributed by atoms with Crippen LogP contribution in [-0.4, -0.2) is 44.1 Å². The number of nitro groups is 1. The maximum absolute atomic E-state index is 12.6. The van der Waals surface area contributed by atoms with E-state index in [1.54, 1.807) is 6.92 Å². The van der Waals surface area contributed by atoms with E-state index in [-0.39, 0.29) is 23.5 Å². The highest BCUT2D eigenvalue weighted by atomic mass is 35.5. The Bertz CT molecular complexity index is 1260. The lowest BCUT2D eigenvalue weighted by Gasteiger charge is -2.15. The van der Waals surface area contributed by atoms with Crippen LogP contribution in [0.5, 0.6) is 0 Å². The Morgan fingerprint density at radius 2 is 2.08 bits per heavy atom.